The van der Waals surface area contributed by atoms with Crippen LogP contribution in [0.3, 0.4) is 0 Å². The Bertz CT molecular complexity index is 474. The lowest BCUT2D eigenvalue weighted by Crippen LogP contribution is -2.48. The number of rotatable bonds is 8. The van der Waals surface area contributed by atoms with Gasteiger partial charge in [0.2, 0.25) is 11.8 Å². The summed E-state index contributed by atoms with van der Waals surface area (Å²) in [6.45, 7) is 8.23. The van der Waals surface area contributed by atoms with Gasteiger partial charge in [0.15, 0.2) is 0 Å². The molecule has 2 N–H and O–H groups in total. The lowest BCUT2D eigenvalue weighted by atomic mass is 9.83. The molecule has 24 heavy (non-hydrogen) atoms. The lowest BCUT2D eigenvalue weighted by molar-refractivity contribution is -0.120. The van der Waals surface area contributed by atoms with Gasteiger partial charge in [-0.3, -0.25) is 9.59 Å². The summed E-state index contributed by atoms with van der Waals surface area (Å²) in [7, 11) is 0. The third-order valence-corrected chi connectivity index (χ3v) is 4.75. The van der Waals surface area contributed by atoms with Crippen molar-refractivity contribution in [2.24, 2.45) is 5.92 Å². The summed E-state index contributed by atoms with van der Waals surface area (Å²) in [6.07, 6.45) is 11.5. The van der Waals surface area contributed by atoms with Gasteiger partial charge in [-0.2, -0.15) is 0 Å². The van der Waals surface area contributed by atoms with Gasteiger partial charge in [-0.25, -0.2) is 0 Å². The summed E-state index contributed by atoms with van der Waals surface area (Å²) >= 11 is 0. The van der Waals surface area contributed by atoms with Crippen molar-refractivity contribution in [2.75, 3.05) is 6.54 Å². The first-order valence-electron chi connectivity index (χ1n) is 9.42. The predicted molar refractivity (Wildman–Crippen MR) is 99.6 cm³/mol. The van der Waals surface area contributed by atoms with Crippen molar-refractivity contribution in [3.05, 3.63) is 23.3 Å². The molecule has 0 bridgehead atoms. The molecule has 0 spiro atoms. The van der Waals surface area contributed by atoms with Gasteiger partial charge < -0.3 is 10.6 Å². The highest BCUT2D eigenvalue weighted by molar-refractivity contribution is 5.94. The van der Waals surface area contributed by atoms with E-state index in [9.17, 15) is 9.59 Å². The number of nitrogens with one attached hydrogen (secondary N) is 2. The van der Waals surface area contributed by atoms with E-state index >= 15 is 0 Å². The molecule has 0 radical (unpaired) electrons. The van der Waals surface area contributed by atoms with Crippen LogP contribution in [0.2, 0.25) is 0 Å². The highest BCUT2D eigenvalue weighted by Crippen LogP contribution is 2.26. The monoisotopic (exact) mass is 334 g/mol. The highest BCUT2D eigenvalue weighted by Gasteiger charge is 2.26. The summed E-state index contributed by atoms with van der Waals surface area (Å²) in [5, 5.41) is 6.16. The van der Waals surface area contributed by atoms with Crippen molar-refractivity contribution in [2.45, 2.75) is 78.7 Å². The third-order valence-electron chi connectivity index (χ3n) is 4.75. The Morgan fingerprint density at radius 1 is 0.958 bits per heavy atom. The van der Waals surface area contributed by atoms with Crippen molar-refractivity contribution in [3.63, 3.8) is 0 Å². The topological polar surface area (TPSA) is 58.2 Å². The molecule has 0 aliphatic heterocycles. The van der Waals surface area contributed by atoms with Crippen LogP contribution in [0, 0.1) is 5.92 Å². The molecule has 1 aliphatic rings. The molecule has 1 saturated carbocycles. The second kappa shape index (κ2) is 11.1. The maximum Gasteiger partial charge on any atom is 0.246 e. The molecule has 1 atom stereocenters. The average molecular weight is 335 g/mol. The average Bonchev–Trinajstić information content (AvgIpc) is 2.59. The number of hydrogen-bond acceptors (Lipinski definition) is 2. The zero-order valence-electron chi connectivity index (χ0n) is 15.8. The number of allylic oxidation sites excluding steroid dienone is 2. The van der Waals surface area contributed by atoms with Gasteiger partial charge in [0.1, 0.15) is 0 Å². The molecule has 1 fully saturated rings. The Labute approximate surface area is 147 Å². The Balaban J connectivity index is 2.71. The molecule has 0 saturated heterocycles. The van der Waals surface area contributed by atoms with Crippen LogP contribution < -0.4 is 10.6 Å². The van der Waals surface area contributed by atoms with E-state index < -0.39 is 0 Å². The normalized spacial score (nSPS) is 18.2. The first kappa shape index (κ1) is 20.5. The first-order valence-corrected chi connectivity index (χ1v) is 9.42. The van der Waals surface area contributed by atoms with Crippen LogP contribution in [0.5, 0.6) is 0 Å². The quantitative estimate of drug-likeness (QED) is 0.662. The number of carbonyl (C=O) groups excluding carboxylic acids is 2. The van der Waals surface area contributed by atoms with Crippen molar-refractivity contribution in [3.8, 4) is 0 Å². The molecule has 0 aromatic carbocycles. The Morgan fingerprint density at radius 3 is 2.04 bits per heavy atom. The van der Waals surface area contributed by atoms with Crippen molar-refractivity contribution in [1.82, 2.24) is 10.6 Å². The maximum atomic E-state index is 12.4. The van der Waals surface area contributed by atoms with Crippen molar-refractivity contribution >= 4 is 11.8 Å². The van der Waals surface area contributed by atoms with Gasteiger partial charge in [-0.05, 0) is 45.4 Å². The Kier molecular flexibility index (Phi) is 9.43. The first-order chi connectivity index (χ1) is 11.5. The Hall–Kier alpha value is -1.58. The molecule has 1 unspecified atom stereocenters. The van der Waals surface area contributed by atoms with Crippen LogP contribution in [0.15, 0.2) is 23.3 Å². The summed E-state index contributed by atoms with van der Waals surface area (Å²) in [5.74, 6) is 0.406. The fraction of sp³-hybridized carbons (Fsp3) is 0.700. The molecule has 0 heterocycles. The lowest BCUT2D eigenvalue weighted by Gasteiger charge is -2.31. The zero-order valence-corrected chi connectivity index (χ0v) is 15.8. The summed E-state index contributed by atoms with van der Waals surface area (Å²) in [4.78, 5) is 24.5. The van der Waals surface area contributed by atoms with Crippen LogP contribution >= 0.6 is 0 Å². The van der Waals surface area contributed by atoms with E-state index in [1.54, 1.807) is 0 Å². The van der Waals surface area contributed by atoms with Gasteiger partial charge in [-0.15, -0.1) is 0 Å². The molecule has 2 amide bonds. The third kappa shape index (κ3) is 6.90. The number of amides is 2. The van der Waals surface area contributed by atoms with E-state index in [4.69, 9.17) is 0 Å². The number of hydrogen-bond donors (Lipinski definition) is 2. The Morgan fingerprint density at radius 2 is 1.50 bits per heavy atom. The van der Waals surface area contributed by atoms with E-state index in [0.29, 0.717) is 12.5 Å². The molecule has 1 aliphatic carbocycles. The summed E-state index contributed by atoms with van der Waals surface area (Å²) < 4.78 is 0. The van der Waals surface area contributed by atoms with Crippen LogP contribution in [0.1, 0.15) is 72.6 Å². The van der Waals surface area contributed by atoms with Gasteiger partial charge in [-0.1, -0.05) is 45.3 Å². The summed E-state index contributed by atoms with van der Waals surface area (Å²) in [6, 6.07) is 0.0105. The molecule has 136 valence electrons. The van der Waals surface area contributed by atoms with Crippen LogP contribution in [0.4, 0.5) is 0 Å². The van der Waals surface area contributed by atoms with Crippen molar-refractivity contribution < 1.29 is 9.59 Å². The van der Waals surface area contributed by atoms with Crippen LogP contribution in [-0.2, 0) is 9.59 Å². The molecular weight excluding hydrogens is 300 g/mol. The largest absolute Gasteiger partial charge is 0.350 e. The van der Waals surface area contributed by atoms with E-state index in [1.807, 2.05) is 39.8 Å². The molecular formula is C20H34N2O2. The van der Waals surface area contributed by atoms with Crippen LogP contribution in [-0.4, -0.2) is 24.4 Å². The molecule has 1 rings (SSSR count). The predicted octanol–water partition coefficient (Wildman–Crippen LogP) is 3.88. The minimum atomic E-state index is -0.0345. The van der Waals surface area contributed by atoms with E-state index in [1.165, 1.54) is 19.3 Å². The zero-order chi connectivity index (χ0) is 17.9. The van der Waals surface area contributed by atoms with Crippen LogP contribution in [0.25, 0.3) is 0 Å². The van der Waals surface area contributed by atoms with Crippen molar-refractivity contribution in [1.29, 1.82) is 0 Å². The van der Waals surface area contributed by atoms with E-state index in [-0.39, 0.29) is 17.9 Å². The standard InChI is InChI=1S/C20H34N2O2/c1-5-10-15(3)19(23)21-14-18(17-12-8-7-9-13-17)22-20(24)16(4)11-6-2/h10-11,17-18H,5-9,12-14H2,1-4H3,(H,21,23)(H,22,24). The van der Waals surface area contributed by atoms with Gasteiger partial charge >= 0.3 is 0 Å². The molecule has 4 heteroatoms. The SMILES string of the molecule is CCC=C(C)C(=O)NCC(NC(=O)C(C)=CCC)C1CCCCC1. The van der Waals surface area contributed by atoms with E-state index in [0.717, 1.165) is 36.8 Å². The number of carbonyl (C=O) groups is 2. The van der Waals surface area contributed by atoms with E-state index in [2.05, 4.69) is 10.6 Å². The van der Waals surface area contributed by atoms with Gasteiger partial charge in [0.25, 0.3) is 0 Å². The van der Waals surface area contributed by atoms with Gasteiger partial charge in [0.05, 0.1) is 0 Å². The fourth-order valence-corrected chi connectivity index (χ4v) is 3.29. The highest BCUT2D eigenvalue weighted by atomic mass is 16.2. The fourth-order valence-electron chi connectivity index (χ4n) is 3.29. The minimum Gasteiger partial charge on any atom is -0.350 e. The smallest absolute Gasteiger partial charge is 0.246 e. The van der Waals surface area contributed by atoms with Gasteiger partial charge in [0, 0.05) is 23.7 Å². The minimum absolute atomic E-state index is 0.0105. The molecule has 0 aromatic rings. The molecule has 4 nitrogen and oxygen atoms in total. The molecule has 0 aromatic heterocycles. The summed E-state index contributed by atoms with van der Waals surface area (Å²) in [5.41, 5.74) is 1.50. The second-order valence-electron chi connectivity index (χ2n) is 6.78. The second-order valence-corrected chi connectivity index (χ2v) is 6.78. The maximum absolute atomic E-state index is 12.4.